The maximum Gasteiger partial charge on any atom is 0.213 e. The van der Waals surface area contributed by atoms with Gasteiger partial charge in [-0.3, -0.25) is 0 Å². The molecule has 0 saturated heterocycles. The highest BCUT2D eigenvalue weighted by molar-refractivity contribution is 5.47. The maximum absolute atomic E-state index is 9.02. The van der Waals surface area contributed by atoms with Crippen molar-refractivity contribution < 1.29 is 4.74 Å². The fourth-order valence-electron chi connectivity index (χ4n) is 2.11. The number of anilines is 1. The van der Waals surface area contributed by atoms with Crippen LogP contribution < -0.4 is 10.1 Å². The normalized spacial score (nSPS) is 9.96. The molecule has 0 radical (unpaired) electrons. The van der Waals surface area contributed by atoms with Crippen LogP contribution in [0.15, 0.2) is 61.1 Å². The van der Waals surface area contributed by atoms with E-state index < -0.39 is 0 Å². The van der Waals surface area contributed by atoms with E-state index in [1.54, 1.807) is 12.4 Å². The number of nitriles is 1. The number of hydrogen-bond donors (Lipinski definition) is 1. The second-order valence-electron chi connectivity index (χ2n) is 5.00. The smallest absolute Gasteiger partial charge is 0.213 e. The van der Waals surface area contributed by atoms with Gasteiger partial charge in [-0.2, -0.15) is 5.26 Å². The molecule has 24 heavy (non-hydrogen) atoms. The molecule has 0 aliphatic rings. The first-order valence-electron chi connectivity index (χ1n) is 7.42. The van der Waals surface area contributed by atoms with Crippen molar-refractivity contribution in [2.24, 2.45) is 0 Å². The Kier molecular flexibility index (Phi) is 4.95. The lowest BCUT2D eigenvalue weighted by molar-refractivity contribution is 0.293. The quantitative estimate of drug-likeness (QED) is 0.752. The van der Waals surface area contributed by atoms with Gasteiger partial charge in [-0.1, -0.05) is 30.3 Å². The summed E-state index contributed by atoms with van der Waals surface area (Å²) >= 11 is 0. The molecule has 0 aliphatic carbocycles. The van der Waals surface area contributed by atoms with Crippen LogP contribution in [0.1, 0.15) is 16.8 Å². The number of nitrogens with one attached hydrogen (secondary N) is 1. The molecule has 0 bridgehead atoms. The molecule has 6 heteroatoms. The van der Waals surface area contributed by atoms with Gasteiger partial charge in [-0.05, 0) is 17.2 Å². The molecule has 1 aromatic carbocycles. The molecule has 2 aromatic heterocycles. The van der Waals surface area contributed by atoms with E-state index in [9.17, 15) is 0 Å². The van der Waals surface area contributed by atoms with Crippen LogP contribution in [0, 0.1) is 11.3 Å². The third-order valence-electron chi connectivity index (χ3n) is 3.29. The Balaban J connectivity index is 1.62. The van der Waals surface area contributed by atoms with Crippen molar-refractivity contribution in [2.75, 3.05) is 5.32 Å². The molecule has 2 heterocycles. The fourth-order valence-corrected chi connectivity index (χ4v) is 2.11. The number of benzene rings is 1. The molecule has 6 nitrogen and oxygen atoms in total. The Morgan fingerprint density at radius 2 is 1.79 bits per heavy atom. The van der Waals surface area contributed by atoms with Crippen molar-refractivity contribution in [1.29, 1.82) is 5.26 Å². The van der Waals surface area contributed by atoms with E-state index >= 15 is 0 Å². The molecule has 0 aliphatic heterocycles. The second kappa shape index (κ2) is 7.70. The van der Waals surface area contributed by atoms with Crippen molar-refractivity contribution in [3.63, 3.8) is 0 Å². The lowest BCUT2D eigenvalue weighted by Crippen LogP contribution is -2.05. The van der Waals surface area contributed by atoms with Gasteiger partial charge in [0.25, 0.3) is 0 Å². The van der Waals surface area contributed by atoms with Crippen molar-refractivity contribution in [3.05, 3.63) is 77.9 Å². The highest BCUT2D eigenvalue weighted by Crippen LogP contribution is 2.14. The third kappa shape index (κ3) is 4.05. The van der Waals surface area contributed by atoms with Gasteiger partial charge in [0.05, 0.1) is 0 Å². The zero-order valence-corrected chi connectivity index (χ0v) is 12.9. The molecule has 1 N–H and O–H groups in total. The summed E-state index contributed by atoms with van der Waals surface area (Å²) in [6.45, 7) is 0.963. The first-order valence-corrected chi connectivity index (χ1v) is 7.42. The molecular weight excluding hydrogens is 302 g/mol. The predicted molar refractivity (Wildman–Crippen MR) is 89.1 cm³/mol. The molecule has 0 amide bonds. The number of rotatable bonds is 6. The highest BCUT2D eigenvalue weighted by atomic mass is 16.5. The van der Waals surface area contributed by atoms with Crippen LogP contribution in [0.3, 0.4) is 0 Å². The third-order valence-corrected chi connectivity index (χ3v) is 3.29. The highest BCUT2D eigenvalue weighted by Gasteiger charge is 2.04. The Morgan fingerprint density at radius 3 is 2.62 bits per heavy atom. The molecule has 0 unspecified atom stereocenters. The maximum atomic E-state index is 9.02. The van der Waals surface area contributed by atoms with Gasteiger partial charge in [-0.15, -0.1) is 0 Å². The van der Waals surface area contributed by atoms with Gasteiger partial charge in [-0.25, -0.2) is 15.0 Å². The van der Waals surface area contributed by atoms with E-state index in [4.69, 9.17) is 10.00 Å². The van der Waals surface area contributed by atoms with Crippen LogP contribution in [-0.2, 0) is 13.2 Å². The van der Waals surface area contributed by atoms with Gasteiger partial charge >= 0.3 is 0 Å². The van der Waals surface area contributed by atoms with Crippen molar-refractivity contribution in [3.8, 4) is 11.9 Å². The number of ether oxygens (including phenoxy) is 1. The van der Waals surface area contributed by atoms with Crippen LogP contribution in [0.2, 0.25) is 0 Å². The minimum atomic E-state index is 0.270. The number of pyridine rings is 1. The Hall–Kier alpha value is -3.46. The average molecular weight is 317 g/mol. The van der Waals surface area contributed by atoms with Gasteiger partial charge < -0.3 is 10.1 Å². The zero-order chi connectivity index (χ0) is 16.6. The topological polar surface area (TPSA) is 83.7 Å². The van der Waals surface area contributed by atoms with E-state index in [2.05, 4.69) is 20.3 Å². The Morgan fingerprint density at radius 1 is 0.958 bits per heavy atom. The molecular formula is C18H15N5O. The van der Waals surface area contributed by atoms with Crippen LogP contribution in [0.5, 0.6) is 5.88 Å². The standard InChI is InChI=1S/C18H15N5O/c19-11-16-18(22-9-8-20-16)23-12-15-6-7-21-17(10-15)24-13-14-4-2-1-3-5-14/h1-10H,12-13H2,(H,22,23). The molecule has 118 valence electrons. The summed E-state index contributed by atoms with van der Waals surface area (Å²) in [6, 6.07) is 15.7. The molecule has 0 atom stereocenters. The van der Waals surface area contributed by atoms with Gasteiger partial charge in [0.2, 0.25) is 5.88 Å². The van der Waals surface area contributed by atoms with Gasteiger partial charge in [0.1, 0.15) is 12.7 Å². The fraction of sp³-hybridized carbons (Fsp3) is 0.111. The summed E-state index contributed by atoms with van der Waals surface area (Å²) < 4.78 is 5.71. The monoisotopic (exact) mass is 317 g/mol. The number of nitrogens with zero attached hydrogens (tertiary/aromatic N) is 4. The molecule has 0 spiro atoms. The second-order valence-corrected chi connectivity index (χ2v) is 5.00. The molecule has 0 saturated carbocycles. The van der Waals surface area contributed by atoms with Crippen LogP contribution in [0.25, 0.3) is 0 Å². The summed E-state index contributed by atoms with van der Waals surface area (Å²) in [6.07, 6.45) is 4.73. The molecule has 3 aromatic rings. The summed E-state index contributed by atoms with van der Waals surface area (Å²) in [4.78, 5) is 12.3. The number of aromatic nitrogens is 3. The predicted octanol–water partition coefficient (Wildman–Crippen LogP) is 2.93. The van der Waals surface area contributed by atoms with Crippen LogP contribution in [-0.4, -0.2) is 15.0 Å². The van der Waals surface area contributed by atoms with E-state index in [0.29, 0.717) is 24.8 Å². The summed E-state index contributed by atoms with van der Waals surface area (Å²) in [5, 5.41) is 12.1. The van der Waals surface area contributed by atoms with Gasteiger partial charge in [0, 0.05) is 31.2 Å². The van der Waals surface area contributed by atoms with E-state index in [-0.39, 0.29) is 5.69 Å². The lowest BCUT2D eigenvalue weighted by Gasteiger charge is -2.09. The first kappa shape index (κ1) is 15.4. The van der Waals surface area contributed by atoms with E-state index in [1.165, 1.54) is 6.20 Å². The van der Waals surface area contributed by atoms with Crippen molar-refractivity contribution in [1.82, 2.24) is 15.0 Å². The summed E-state index contributed by atoms with van der Waals surface area (Å²) in [5.41, 5.74) is 2.33. The number of hydrogen-bond acceptors (Lipinski definition) is 6. The zero-order valence-electron chi connectivity index (χ0n) is 12.9. The Labute approximate surface area is 139 Å². The van der Waals surface area contributed by atoms with E-state index in [1.807, 2.05) is 48.5 Å². The lowest BCUT2D eigenvalue weighted by atomic mass is 10.2. The Bertz CT molecular complexity index is 845. The average Bonchev–Trinajstić information content (AvgIpc) is 2.66. The molecule has 3 rings (SSSR count). The summed E-state index contributed by atoms with van der Waals surface area (Å²) in [5.74, 6) is 1.02. The SMILES string of the molecule is N#Cc1nccnc1NCc1ccnc(OCc2ccccc2)c1. The largest absolute Gasteiger partial charge is 0.473 e. The molecule has 0 fully saturated rings. The van der Waals surface area contributed by atoms with Crippen LogP contribution >= 0.6 is 0 Å². The summed E-state index contributed by atoms with van der Waals surface area (Å²) in [7, 11) is 0. The van der Waals surface area contributed by atoms with Crippen molar-refractivity contribution >= 4 is 5.82 Å². The van der Waals surface area contributed by atoms with E-state index in [0.717, 1.165) is 11.1 Å². The van der Waals surface area contributed by atoms with Crippen molar-refractivity contribution in [2.45, 2.75) is 13.2 Å². The minimum Gasteiger partial charge on any atom is -0.473 e. The van der Waals surface area contributed by atoms with Crippen LogP contribution in [0.4, 0.5) is 5.82 Å². The minimum absolute atomic E-state index is 0.270. The van der Waals surface area contributed by atoms with Gasteiger partial charge in [0.15, 0.2) is 11.5 Å². The first-order chi connectivity index (χ1) is 11.8.